The minimum atomic E-state index is -2.56. The maximum atomic E-state index is 13.3. The zero-order chi connectivity index (χ0) is 24.9. The van der Waals surface area contributed by atoms with Crippen LogP contribution in [0.5, 0.6) is 0 Å². The molecule has 36 heavy (non-hydrogen) atoms. The zero-order valence-corrected chi connectivity index (χ0v) is 19.6. The number of nitrogens with zero attached hydrogens (tertiary/aromatic N) is 1. The van der Waals surface area contributed by atoms with Crippen LogP contribution in [0.3, 0.4) is 0 Å². The monoisotopic (exact) mass is 491 g/mol. The van der Waals surface area contributed by atoms with E-state index in [9.17, 15) is 18.7 Å². The highest BCUT2D eigenvalue weighted by molar-refractivity contribution is 5.79. The second-order valence-electron chi connectivity index (χ2n) is 9.92. The molecule has 2 bridgehead atoms. The summed E-state index contributed by atoms with van der Waals surface area (Å²) in [6.07, 6.45) is -2.47. The van der Waals surface area contributed by atoms with Gasteiger partial charge in [-0.3, -0.25) is 4.90 Å². The Morgan fingerprint density at radius 1 is 0.944 bits per heavy atom. The minimum absolute atomic E-state index is 0.0347. The third-order valence-corrected chi connectivity index (χ3v) is 7.80. The van der Waals surface area contributed by atoms with Crippen LogP contribution >= 0.6 is 0 Å². The number of hydrogen-bond acceptors (Lipinski definition) is 4. The number of benzene rings is 3. The summed E-state index contributed by atoms with van der Waals surface area (Å²) >= 11 is 0. The Kier molecular flexibility index (Phi) is 5.77. The van der Waals surface area contributed by atoms with Crippen molar-refractivity contribution in [3.05, 3.63) is 95.1 Å². The Labute approximate surface area is 208 Å². The van der Waals surface area contributed by atoms with Crippen molar-refractivity contribution in [3.63, 3.8) is 0 Å². The molecule has 0 spiro atoms. The number of hydrogen-bond donors (Lipinski definition) is 1. The molecular weight excluding hydrogens is 464 g/mol. The van der Waals surface area contributed by atoms with Gasteiger partial charge in [-0.2, -0.15) is 0 Å². The summed E-state index contributed by atoms with van der Waals surface area (Å²) in [5.41, 5.74) is 3.91. The zero-order valence-electron chi connectivity index (χ0n) is 19.6. The van der Waals surface area contributed by atoms with Crippen LogP contribution in [0.15, 0.2) is 72.8 Å². The summed E-state index contributed by atoms with van der Waals surface area (Å²) in [5, 5.41) is 11.5. The molecule has 0 radical (unpaired) electrons. The van der Waals surface area contributed by atoms with Gasteiger partial charge in [0.1, 0.15) is 6.61 Å². The average Bonchev–Trinajstić information content (AvgIpc) is 3.20. The molecule has 1 N–H and O–H groups in total. The van der Waals surface area contributed by atoms with Crippen molar-refractivity contribution in [2.45, 2.75) is 42.9 Å². The fourth-order valence-electron chi connectivity index (χ4n) is 6.12. The molecule has 186 valence electrons. The van der Waals surface area contributed by atoms with E-state index in [2.05, 4.69) is 24.3 Å². The van der Waals surface area contributed by atoms with Gasteiger partial charge in [0.15, 0.2) is 0 Å². The number of halogens is 2. The quantitative estimate of drug-likeness (QED) is 0.514. The summed E-state index contributed by atoms with van der Waals surface area (Å²) in [5.74, 6) is -0.0347. The van der Waals surface area contributed by atoms with Gasteiger partial charge < -0.3 is 14.6 Å². The van der Waals surface area contributed by atoms with E-state index < -0.39 is 18.1 Å². The second kappa shape index (κ2) is 8.98. The standard InChI is InChI=1S/C29H27F2NO4/c30-27(31)18-9-11-19(12-10-18)29(34)13-20-15-35-16-21(14-29)32(20)28(33)36-17-26-24-7-3-1-5-22(24)23-6-2-4-8-25(23)26/h1-12,20-21,26-27,34H,13-17H2. The number of fused-ring (bicyclic) bond motifs is 5. The van der Waals surface area contributed by atoms with Crippen LogP contribution in [0.2, 0.25) is 0 Å². The fraction of sp³-hybridized carbons (Fsp3) is 0.345. The lowest BCUT2D eigenvalue weighted by atomic mass is 9.77. The van der Waals surface area contributed by atoms with Crippen LogP contribution in [0.25, 0.3) is 11.1 Å². The molecule has 1 aliphatic carbocycles. The van der Waals surface area contributed by atoms with Crippen molar-refractivity contribution in [1.29, 1.82) is 0 Å². The van der Waals surface area contributed by atoms with Gasteiger partial charge in [0.25, 0.3) is 6.43 Å². The molecule has 7 heteroatoms. The van der Waals surface area contributed by atoms with Gasteiger partial charge >= 0.3 is 6.09 Å². The first-order valence-corrected chi connectivity index (χ1v) is 12.3. The third kappa shape index (κ3) is 3.87. The molecule has 3 aromatic rings. The van der Waals surface area contributed by atoms with Crippen LogP contribution in [-0.4, -0.2) is 48.0 Å². The van der Waals surface area contributed by atoms with Crippen LogP contribution in [0.4, 0.5) is 13.6 Å². The van der Waals surface area contributed by atoms with Crippen molar-refractivity contribution in [1.82, 2.24) is 4.90 Å². The van der Waals surface area contributed by atoms with Gasteiger partial charge in [-0.1, -0.05) is 72.8 Å². The van der Waals surface area contributed by atoms with E-state index in [4.69, 9.17) is 9.47 Å². The Hall–Kier alpha value is -3.29. The Morgan fingerprint density at radius 2 is 1.50 bits per heavy atom. The van der Waals surface area contributed by atoms with Gasteiger partial charge in [0.2, 0.25) is 0 Å². The second-order valence-corrected chi connectivity index (χ2v) is 9.92. The van der Waals surface area contributed by atoms with Crippen molar-refractivity contribution in [2.24, 2.45) is 0 Å². The number of amides is 1. The van der Waals surface area contributed by atoms with E-state index in [0.717, 1.165) is 11.1 Å². The van der Waals surface area contributed by atoms with Crippen molar-refractivity contribution >= 4 is 6.09 Å². The number of alkyl halides is 2. The fourth-order valence-corrected chi connectivity index (χ4v) is 6.12. The number of carbonyl (C=O) groups is 1. The van der Waals surface area contributed by atoms with Crippen molar-refractivity contribution < 1.29 is 28.2 Å². The lowest BCUT2D eigenvalue weighted by Gasteiger charge is -2.51. The summed E-state index contributed by atoms with van der Waals surface area (Å²) in [6, 6.07) is 21.5. The number of ether oxygens (including phenoxy) is 2. The molecular formula is C29H27F2NO4. The number of carbonyl (C=O) groups excluding carboxylic acids is 1. The first kappa shape index (κ1) is 23.1. The molecule has 2 fully saturated rings. The SMILES string of the molecule is O=C(OCC1c2ccccc2-c2ccccc21)N1C2COCC1CC(O)(c1ccc(C(F)F)cc1)C2. The van der Waals surface area contributed by atoms with Gasteiger partial charge in [-0.25, -0.2) is 13.6 Å². The number of morpholine rings is 1. The number of rotatable bonds is 4. The largest absolute Gasteiger partial charge is 0.448 e. The van der Waals surface area contributed by atoms with Crippen molar-refractivity contribution in [3.8, 4) is 11.1 Å². The molecule has 2 saturated heterocycles. The molecule has 6 rings (SSSR count). The molecule has 3 aliphatic rings. The van der Waals surface area contributed by atoms with Gasteiger partial charge in [-0.15, -0.1) is 0 Å². The van der Waals surface area contributed by atoms with E-state index in [0.29, 0.717) is 5.56 Å². The number of aliphatic hydroxyl groups is 1. The predicted octanol–water partition coefficient (Wildman–Crippen LogP) is 5.62. The van der Waals surface area contributed by atoms with E-state index in [-0.39, 0.29) is 56.2 Å². The molecule has 2 unspecified atom stereocenters. The van der Waals surface area contributed by atoms with E-state index in [1.807, 2.05) is 24.3 Å². The smallest absolute Gasteiger partial charge is 0.410 e. The molecule has 2 aliphatic heterocycles. The summed E-state index contributed by atoms with van der Waals surface area (Å²) in [6.45, 7) is 0.805. The van der Waals surface area contributed by atoms with Gasteiger partial charge in [0, 0.05) is 24.3 Å². The maximum absolute atomic E-state index is 13.3. The normalized spacial score (nSPS) is 24.9. The average molecular weight is 492 g/mol. The Bertz CT molecular complexity index is 1220. The lowest BCUT2D eigenvalue weighted by molar-refractivity contribution is -0.136. The highest BCUT2D eigenvalue weighted by atomic mass is 19.3. The predicted molar refractivity (Wildman–Crippen MR) is 130 cm³/mol. The third-order valence-electron chi connectivity index (χ3n) is 7.80. The van der Waals surface area contributed by atoms with E-state index >= 15 is 0 Å². The summed E-state index contributed by atoms with van der Waals surface area (Å²) in [4.78, 5) is 15.0. The van der Waals surface area contributed by atoms with E-state index in [1.165, 1.54) is 23.3 Å². The van der Waals surface area contributed by atoms with Crippen LogP contribution in [-0.2, 0) is 15.1 Å². The first-order valence-electron chi connectivity index (χ1n) is 12.3. The highest BCUT2D eigenvalue weighted by Crippen LogP contribution is 2.45. The Balaban J connectivity index is 1.19. The summed E-state index contributed by atoms with van der Waals surface area (Å²) < 4.78 is 37.6. The molecule has 3 aromatic carbocycles. The minimum Gasteiger partial charge on any atom is -0.448 e. The van der Waals surface area contributed by atoms with E-state index in [1.54, 1.807) is 17.0 Å². The van der Waals surface area contributed by atoms with Gasteiger partial charge in [0.05, 0.1) is 30.9 Å². The summed E-state index contributed by atoms with van der Waals surface area (Å²) in [7, 11) is 0. The molecule has 0 saturated carbocycles. The molecule has 2 atom stereocenters. The first-order chi connectivity index (χ1) is 17.4. The van der Waals surface area contributed by atoms with Crippen LogP contribution < -0.4 is 0 Å². The van der Waals surface area contributed by atoms with Crippen LogP contribution in [0.1, 0.15) is 47.4 Å². The maximum Gasteiger partial charge on any atom is 0.410 e. The Morgan fingerprint density at radius 3 is 2.06 bits per heavy atom. The van der Waals surface area contributed by atoms with Gasteiger partial charge in [-0.05, 0) is 27.8 Å². The topological polar surface area (TPSA) is 59.0 Å². The van der Waals surface area contributed by atoms with Crippen molar-refractivity contribution in [2.75, 3.05) is 19.8 Å². The molecule has 5 nitrogen and oxygen atoms in total. The highest BCUT2D eigenvalue weighted by Gasteiger charge is 2.49. The molecule has 1 amide bonds. The molecule has 0 aromatic heterocycles. The number of piperidine rings is 1. The van der Waals surface area contributed by atoms with Crippen LogP contribution in [0, 0.1) is 0 Å². The molecule has 2 heterocycles. The lowest BCUT2D eigenvalue weighted by Crippen LogP contribution is -2.62.